The minimum Gasteiger partial charge on any atom is -0.383 e. The van der Waals surface area contributed by atoms with Gasteiger partial charge in [-0.1, -0.05) is 0 Å². The van der Waals surface area contributed by atoms with Gasteiger partial charge in [0.25, 0.3) is 0 Å². The Morgan fingerprint density at radius 1 is 1.50 bits per heavy atom. The summed E-state index contributed by atoms with van der Waals surface area (Å²) in [5.74, 6) is -1.05. The fraction of sp³-hybridized carbons (Fsp3) is 0.778. The molecule has 2 atom stereocenters. The van der Waals surface area contributed by atoms with E-state index >= 15 is 0 Å². The molecule has 0 aliphatic carbocycles. The van der Waals surface area contributed by atoms with Gasteiger partial charge in [-0.15, -0.1) is 0 Å². The van der Waals surface area contributed by atoms with Gasteiger partial charge in [-0.05, 0) is 6.92 Å². The lowest BCUT2D eigenvalue weighted by Gasteiger charge is -2.15. The van der Waals surface area contributed by atoms with Crippen molar-refractivity contribution in [2.75, 3.05) is 26.8 Å². The number of methoxy groups -OCH3 is 1. The van der Waals surface area contributed by atoms with Gasteiger partial charge in [0.2, 0.25) is 11.8 Å². The summed E-state index contributed by atoms with van der Waals surface area (Å²) in [6.45, 7) is 2.42. The number of aliphatic hydroxyl groups is 1. The summed E-state index contributed by atoms with van der Waals surface area (Å²) in [7, 11) is 1.54. The van der Waals surface area contributed by atoms with Crippen LogP contribution in [0.25, 0.3) is 0 Å². The fourth-order valence-corrected chi connectivity index (χ4v) is 0.911. The summed E-state index contributed by atoms with van der Waals surface area (Å²) in [6.07, 6.45) is -1.28. The third-order valence-electron chi connectivity index (χ3n) is 1.94. The molecule has 2 amide bonds. The molecule has 7 nitrogen and oxygen atoms in total. The van der Waals surface area contributed by atoms with Crippen LogP contribution in [0.5, 0.6) is 0 Å². The van der Waals surface area contributed by atoms with Crippen molar-refractivity contribution >= 4 is 11.8 Å². The van der Waals surface area contributed by atoms with Crippen LogP contribution in [0.3, 0.4) is 0 Å². The Hall–Kier alpha value is -1.18. The molecule has 0 aliphatic rings. The van der Waals surface area contributed by atoms with Crippen LogP contribution >= 0.6 is 0 Å². The minimum absolute atomic E-state index is 0.0474. The van der Waals surface area contributed by atoms with Crippen LogP contribution in [0.1, 0.15) is 6.92 Å². The Bertz CT molecular complexity index is 235. The summed E-state index contributed by atoms with van der Waals surface area (Å²) < 4.78 is 4.77. The van der Waals surface area contributed by atoms with Crippen molar-refractivity contribution in [3.8, 4) is 0 Å². The summed E-state index contributed by atoms with van der Waals surface area (Å²) >= 11 is 0. The second kappa shape index (κ2) is 8.03. The van der Waals surface area contributed by atoms with Gasteiger partial charge in [-0.25, -0.2) is 0 Å². The molecule has 7 heteroatoms. The Labute approximate surface area is 94.3 Å². The van der Waals surface area contributed by atoms with E-state index in [0.717, 1.165) is 0 Å². The van der Waals surface area contributed by atoms with E-state index < -0.39 is 18.1 Å². The van der Waals surface area contributed by atoms with Crippen LogP contribution in [-0.4, -0.2) is 55.9 Å². The SMILES string of the molecule is COCCNC(=O)C(C)NCC(O)C(N)=O. The van der Waals surface area contributed by atoms with Crippen molar-refractivity contribution in [2.24, 2.45) is 5.73 Å². The third-order valence-corrected chi connectivity index (χ3v) is 1.94. The number of hydrogen-bond acceptors (Lipinski definition) is 5. The number of nitrogens with two attached hydrogens (primary N) is 1. The molecule has 0 aliphatic heterocycles. The maximum atomic E-state index is 11.4. The predicted octanol–water partition coefficient (Wildman–Crippen LogP) is -2.43. The van der Waals surface area contributed by atoms with E-state index in [2.05, 4.69) is 10.6 Å². The zero-order valence-electron chi connectivity index (χ0n) is 9.53. The van der Waals surface area contributed by atoms with E-state index in [1.807, 2.05) is 0 Å². The first-order chi connectivity index (χ1) is 7.49. The van der Waals surface area contributed by atoms with Crippen LogP contribution in [0, 0.1) is 0 Å². The van der Waals surface area contributed by atoms with E-state index in [1.165, 1.54) is 7.11 Å². The zero-order chi connectivity index (χ0) is 12.6. The molecule has 16 heavy (non-hydrogen) atoms. The number of aliphatic hydroxyl groups excluding tert-OH is 1. The first-order valence-corrected chi connectivity index (χ1v) is 4.96. The molecule has 0 rings (SSSR count). The molecular formula is C9H19N3O4. The maximum absolute atomic E-state index is 11.4. The van der Waals surface area contributed by atoms with Crippen LogP contribution in [0.2, 0.25) is 0 Å². The highest BCUT2D eigenvalue weighted by molar-refractivity contribution is 5.81. The summed E-state index contributed by atoms with van der Waals surface area (Å²) in [6, 6.07) is -0.508. The van der Waals surface area contributed by atoms with Crippen LogP contribution < -0.4 is 16.4 Å². The lowest BCUT2D eigenvalue weighted by molar-refractivity contribution is -0.127. The van der Waals surface area contributed by atoms with Crippen LogP contribution in [-0.2, 0) is 14.3 Å². The molecular weight excluding hydrogens is 214 g/mol. The van der Waals surface area contributed by atoms with E-state index in [9.17, 15) is 9.59 Å². The molecule has 5 N–H and O–H groups in total. The molecule has 0 heterocycles. The molecule has 0 bridgehead atoms. The average Bonchev–Trinajstić information content (AvgIpc) is 2.25. The quantitative estimate of drug-likeness (QED) is 0.348. The van der Waals surface area contributed by atoms with E-state index in [-0.39, 0.29) is 12.5 Å². The highest BCUT2D eigenvalue weighted by Gasteiger charge is 2.15. The normalized spacial score (nSPS) is 14.2. The lowest BCUT2D eigenvalue weighted by atomic mass is 10.2. The molecule has 0 radical (unpaired) electrons. The summed E-state index contributed by atoms with van der Waals surface area (Å²) in [5.41, 5.74) is 4.85. The van der Waals surface area contributed by atoms with Gasteiger partial charge >= 0.3 is 0 Å². The first-order valence-electron chi connectivity index (χ1n) is 4.96. The Morgan fingerprint density at radius 3 is 2.62 bits per heavy atom. The predicted molar refractivity (Wildman–Crippen MR) is 57.6 cm³/mol. The van der Waals surface area contributed by atoms with Gasteiger partial charge in [0, 0.05) is 20.2 Å². The maximum Gasteiger partial charge on any atom is 0.247 e. The van der Waals surface area contributed by atoms with Gasteiger partial charge in [0.15, 0.2) is 0 Å². The smallest absolute Gasteiger partial charge is 0.247 e. The number of amides is 2. The van der Waals surface area contributed by atoms with Gasteiger partial charge in [0.05, 0.1) is 12.6 Å². The van der Waals surface area contributed by atoms with E-state index in [4.69, 9.17) is 15.6 Å². The van der Waals surface area contributed by atoms with Crippen molar-refractivity contribution in [1.82, 2.24) is 10.6 Å². The van der Waals surface area contributed by atoms with Crippen molar-refractivity contribution in [3.63, 3.8) is 0 Å². The van der Waals surface area contributed by atoms with Crippen molar-refractivity contribution in [3.05, 3.63) is 0 Å². The van der Waals surface area contributed by atoms with Gasteiger partial charge in [-0.3, -0.25) is 9.59 Å². The minimum atomic E-state index is -1.28. The summed E-state index contributed by atoms with van der Waals surface area (Å²) in [4.78, 5) is 21.9. The number of hydrogen-bond donors (Lipinski definition) is 4. The Balaban J connectivity index is 3.74. The van der Waals surface area contributed by atoms with Crippen LogP contribution in [0.4, 0.5) is 0 Å². The molecule has 0 aromatic heterocycles. The highest BCUT2D eigenvalue weighted by Crippen LogP contribution is 1.84. The number of nitrogens with one attached hydrogen (secondary N) is 2. The Kier molecular flexibility index (Phi) is 7.44. The van der Waals surface area contributed by atoms with E-state index in [0.29, 0.717) is 13.2 Å². The number of primary amides is 1. The zero-order valence-corrected chi connectivity index (χ0v) is 9.53. The standard InChI is InChI=1S/C9H19N3O4/c1-6(9(15)11-3-4-16-2)12-5-7(13)8(10)14/h6-7,12-13H,3-5H2,1-2H3,(H2,10,14)(H,11,15). The number of carbonyl (C=O) groups is 2. The second-order valence-electron chi connectivity index (χ2n) is 3.33. The first kappa shape index (κ1) is 14.8. The average molecular weight is 233 g/mol. The highest BCUT2D eigenvalue weighted by atomic mass is 16.5. The molecule has 2 unspecified atom stereocenters. The number of carbonyl (C=O) groups excluding carboxylic acids is 2. The van der Waals surface area contributed by atoms with Crippen molar-refractivity contribution in [1.29, 1.82) is 0 Å². The van der Waals surface area contributed by atoms with E-state index in [1.54, 1.807) is 6.92 Å². The van der Waals surface area contributed by atoms with Crippen molar-refractivity contribution in [2.45, 2.75) is 19.1 Å². The Morgan fingerprint density at radius 2 is 2.12 bits per heavy atom. The number of rotatable bonds is 8. The van der Waals surface area contributed by atoms with Gasteiger partial charge < -0.3 is 26.2 Å². The molecule has 0 fully saturated rings. The molecule has 94 valence electrons. The molecule has 0 saturated carbocycles. The summed E-state index contributed by atoms with van der Waals surface area (Å²) in [5, 5.41) is 14.4. The van der Waals surface area contributed by atoms with Crippen molar-refractivity contribution < 1.29 is 19.4 Å². The largest absolute Gasteiger partial charge is 0.383 e. The monoisotopic (exact) mass is 233 g/mol. The fourth-order valence-electron chi connectivity index (χ4n) is 0.911. The second-order valence-corrected chi connectivity index (χ2v) is 3.33. The van der Waals surface area contributed by atoms with Crippen LogP contribution in [0.15, 0.2) is 0 Å². The van der Waals surface area contributed by atoms with Gasteiger partial charge in [0.1, 0.15) is 6.10 Å². The van der Waals surface area contributed by atoms with Gasteiger partial charge in [-0.2, -0.15) is 0 Å². The molecule has 0 aromatic rings. The molecule has 0 saturated heterocycles. The third kappa shape index (κ3) is 6.33. The number of ether oxygens (including phenoxy) is 1. The molecule has 0 aromatic carbocycles. The topological polar surface area (TPSA) is 114 Å². The lowest BCUT2D eigenvalue weighted by Crippen LogP contribution is -2.47. The molecule has 0 spiro atoms.